The second kappa shape index (κ2) is 6.36. The van der Waals surface area contributed by atoms with Gasteiger partial charge in [-0.3, -0.25) is 4.31 Å². The van der Waals surface area contributed by atoms with Crippen LogP contribution in [0.15, 0.2) is 41.3 Å². The van der Waals surface area contributed by atoms with Gasteiger partial charge in [0.1, 0.15) is 5.75 Å². The summed E-state index contributed by atoms with van der Waals surface area (Å²) in [5.41, 5.74) is 1.20. The van der Waals surface area contributed by atoms with Gasteiger partial charge in [-0.1, -0.05) is 29.3 Å². The maximum atomic E-state index is 12.7. The van der Waals surface area contributed by atoms with Crippen LogP contribution in [0.5, 0.6) is 5.75 Å². The molecule has 0 aliphatic rings. The Morgan fingerprint density at radius 3 is 2.36 bits per heavy atom. The fourth-order valence-corrected chi connectivity index (χ4v) is 3.80. The number of methoxy groups -OCH3 is 1. The first-order valence-electron chi connectivity index (χ1n) is 6.36. The molecule has 0 aliphatic heterocycles. The van der Waals surface area contributed by atoms with Crippen LogP contribution in [0.3, 0.4) is 0 Å². The molecule has 2 rings (SSSR count). The zero-order valence-corrected chi connectivity index (χ0v) is 14.6. The van der Waals surface area contributed by atoms with Crippen molar-refractivity contribution in [2.45, 2.75) is 11.8 Å². The number of anilines is 1. The van der Waals surface area contributed by atoms with Gasteiger partial charge < -0.3 is 4.74 Å². The van der Waals surface area contributed by atoms with Crippen molar-refractivity contribution in [1.29, 1.82) is 0 Å². The van der Waals surface area contributed by atoms with E-state index in [0.717, 1.165) is 0 Å². The number of rotatable bonds is 4. The largest absolute Gasteiger partial charge is 0.495 e. The molecule has 118 valence electrons. The summed E-state index contributed by atoms with van der Waals surface area (Å²) in [6, 6.07) is 9.46. The maximum absolute atomic E-state index is 12.7. The highest BCUT2D eigenvalue weighted by Gasteiger charge is 2.24. The molecular formula is C15H15Cl2NO3S. The molecule has 0 heterocycles. The average molecular weight is 360 g/mol. The van der Waals surface area contributed by atoms with Gasteiger partial charge in [0, 0.05) is 12.1 Å². The fraction of sp³-hybridized carbons (Fsp3) is 0.200. The summed E-state index contributed by atoms with van der Waals surface area (Å²) in [5.74, 6) is 0.419. The minimum atomic E-state index is -3.74. The van der Waals surface area contributed by atoms with Gasteiger partial charge in [0.05, 0.1) is 22.7 Å². The highest BCUT2D eigenvalue weighted by Crippen LogP contribution is 2.32. The summed E-state index contributed by atoms with van der Waals surface area (Å²) in [6.07, 6.45) is 0. The van der Waals surface area contributed by atoms with E-state index >= 15 is 0 Å². The first-order valence-corrected chi connectivity index (χ1v) is 8.56. The van der Waals surface area contributed by atoms with Crippen LogP contribution >= 0.6 is 23.2 Å². The van der Waals surface area contributed by atoms with Crippen LogP contribution < -0.4 is 9.04 Å². The van der Waals surface area contributed by atoms with Gasteiger partial charge in [0.25, 0.3) is 10.0 Å². The lowest BCUT2D eigenvalue weighted by Gasteiger charge is -2.22. The average Bonchev–Trinajstić information content (AvgIpc) is 2.49. The molecule has 0 aliphatic carbocycles. The van der Waals surface area contributed by atoms with E-state index in [1.807, 2.05) is 0 Å². The second-order valence-electron chi connectivity index (χ2n) is 4.65. The van der Waals surface area contributed by atoms with Gasteiger partial charge in [0.2, 0.25) is 0 Å². The minimum Gasteiger partial charge on any atom is -0.495 e. The maximum Gasteiger partial charge on any atom is 0.264 e. The predicted molar refractivity (Wildman–Crippen MR) is 89.8 cm³/mol. The van der Waals surface area contributed by atoms with Gasteiger partial charge in [-0.2, -0.15) is 0 Å². The summed E-state index contributed by atoms with van der Waals surface area (Å²) in [4.78, 5) is 0.0835. The lowest BCUT2D eigenvalue weighted by Crippen LogP contribution is -2.27. The van der Waals surface area contributed by atoms with Gasteiger partial charge in [-0.15, -0.1) is 0 Å². The summed E-state index contributed by atoms with van der Waals surface area (Å²) < 4.78 is 31.7. The second-order valence-corrected chi connectivity index (χ2v) is 7.44. The van der Waals surface area contributed by atoms with E-state index in [1.165, 1.54) is 36.7 Å². The lowest BCUT2D eigenvalue weighted by atomic mass is 10.2. The molecule has 0 spiro atoms. The van der Waals surface area contributed by atoms with Crippen LogP contribution in [0.2, 0.25) is 10.0 Å². The summed E-state index contributed by atoms with van der Waals surface area (Å²) in [6.45, 7) is 1.77. The van der Waals surface area contributed by atoms with Crippen molar-refractivity contribution in [2.75, 3.05) is 18.5 Å². The van der Waals surface area contributed by atoms with Crippen molar-refractivity contribution >= 4 is 38.9 Å². The molecule has 0 amide bonds. The van der Waals surface area contributed by atoms with Gasteiger partial charge in [-0.25, -0.2) is 8.42 Å². The highest BCUT2D eigenvalue weighted by atomic mass is 35.5. The molecule has 0 saturated carbocycles. The molecule has 0 N–H and O–H groups in total. The Bertz CT molecular complexity index is 806. The number of nitrogens with zero attached hydrogens (tertiary/aromatic N) is 1. The normalized spacial score (nSPS) is 11.3. The first-order chi connectivity index (χ1) is 10.3. The van der Waals surface area contributed by atoms with Crippen molar-refractivity contribution in [3.05, 3.63) is 52.0 Å². The molecule has 0 fully saturated rings. The quantitative estimate of drug-likeness (QED) is 0.824. The van der Waals surface area contributed by atoms with Crippen molar-refractivity contribution in [1.82, 2.24) is 0 Å². The molecule has 0 bridgehead atoms. The van der Waals surface area contributed by atoms with Crippen molar-refractivity contribution < 1.29 is 13.2 Å². The van der Waals surface area contributed by atoms with E-state index in [9.17, 15) is 8.42 Å². The number of ether oxygens (including phenoxy) is 1. The summed E-state index contributed by atoms with van der Waals surface area (Å²) >= 11 is 12.1. The van der Waals surface area contributed by atoms with Crippen LogP contribution in [0, 0.1) is 6.92 Å². The monoisotopic (exact) mass is 359 g/mol. The summed E-state index contributed by atoms with van der Waals surface area (Å²) in [7, 11) is -0.797. The van der Waals surface area contributed by atoms with Gasteiger partial charge in [0.15, 0.2) is 0 Å². The standard InChI is InChI=1S/C15H15Cl2NO3S/c1-10-12(16)5-4-6-14(10)18(2)22(19,20)11-7-8-15(21-3)13(17)9-11/h4-9H,1-3H3. The van der Waals surface area contributed by atoms with E-state index < -0.39 is 10.0 Å². The SMILES string of the molecule is COc1ccc(S(=O)(=O)N(C)c2cccc(Cl)c2C)cc1Cl. The predicted octanol–water partition coefficient (Wildman–Crippen LogP) is 4.14. The molecule has 4 nitrogen and oxygen atoms in total. The Balaban J connectivity index is 2.50. The third kappa shape index (κ3) is 3.02. The Labute approximate surface area is 140 Å². The first kappa shape index (κ1) is 16.9. The fourth-order valence-electron chi connectivity index (χ4n) is 2.03. The van der Waals surface area contributed by atoms with Crippen LogP contribution in [0.4, 0.5) is 5.69 Å². The Morgan fingerprint density at radius 1 is 1.09 bits per heavy atom. The third-order valence-corrected chi connectivity index (χ3v) is 5.83. The Kier molecular flexibility index (Phi) is 4.90. The van der Waals surface area contributed by atoms with E-state index in [-0.39, 0.29) is 9.92 Å². The van der Waals surface area contributed by atoms with Crippen LogP contribution in [0.25, 0.3) is 0 Å². The van der Waals surface area contributed by atoms with Gasteiger partial charge >= 0.3 is 0 Å². The number of benzene rings is 2. The molecule has 0 saturated heterocycles. The van der Waals surface area contributed by atoms with Crippen molar-refractivity contribution in [3.8, 4) is 5.75 Å². The van der Waals surface area contributed by atoms with E-state index in [2.05, 4.69) is 0 Å². The molecule has 2 aromatic carbocycles. The van der Waals surface area contributed by atoms with Crippen LogP contribution in [0.1, 0.15) is 5.56 Å². The van der Waals surface area contributed by atoms with Crippen LogP contribution in [-0.4, -0.2) is 22.6 Å². The zero-order chi connectivity index (χ0) is 16.5. The van der Waals surface area contributed by atoms with E-state index in [4.69, 9.17) is 27.9 Å². The molecule has 0 unspecified atom stereocenters. The molecule has 0 aromatic heterocycles. The molecular weight excluding hydrogens is 345 g/mol. The Hall–Kier alpha value is -1.43. The number of sulfonamides is 1. The molecule has 7 heteroatoms. The van der Waals surface area contributed by atoms with Crippen molar-refractivity contribution in [2.24, 2.45) is 0 Å². The number of hydrogen-bond acceptors (Lipinski definition) is 3. The molecule has 0 radical (unpaired) electrons. The Morgan fingerprint density at radius 2 is 1.77 bits per heavy atom. The topological polar surface area (TPSA) is 46.6 Å². The minimum absolute atomic E-state index is 0.0835. The smallest absolute Gasteiger partial charge is 0.264 e. The van der Waals surface area contributed by atoms with Gasteiger partial charge in [-0.05, 0) is 42.8 Å². The number of halogens is 2. The third-order valence-electron chi connectivity index (χ3n) is 3.36. The summed E-state index contributed by atoms with van der Waals surface area (Å²) in [5, 5.41) is 0.743. The molecule has 2 aromatic rings. The lowest BCUT2D eigenvalue weighted by molar-refractivity contribution is 0.414. The zero-order valence-electron chi connectivity index (χ0n) is 12.3. The molecule has 0 atom stereocenters. The van der Waals surface area contributed by atoms with Crippen molar-refractivity contribution in [3.63, 3.8) is 0 Å². The van der Waals surface area contributed by atoms with E-state index in [0.29, 0.717) is 22.0 Å². The van der Waals surface area contributed by atoms with E-state index in [1.54, 1.807) is 25.1 Å². The highest BCUT2D eigenvalue weighted by molar-refractivity contribution is 7.92. The van der Waals surface area contributed by atoms with Crippen LogP contribution in [-0.2, 0) is 10.0 Å². The molecule has 22 heavy (non-hydrogen) atoms. The number of hydrogen-bond donors (Lipinski definition) is 0.